The lowest BCUT2D eigenvalue weighted by Crippen LogP contribution is -2.02. The summed E-state index contributed by atoms with van der Waals surface area (Å²) in [5.74, 6) is 2.69. The topological polar surface area (TPSA) is 82.9 Å². The highest BCUT2D eigenvalue weighted by Crippen LogP contribution is 2.23. The van der Waals surface area contributed by atoms with Gasteiger partial charge in [-0.2, -0.15) is 5.26 Å². The third kappa shape index (κ3) is 4.03. The highest BCUT2D eigenvalue weighted by Gasteiger charge is 2.06. The number of anilines is 4. The fourth-order valence-corrected chi connectivity index (χ4v) is 2.35. The lowest BCUT2D eigenvalue weighted by Gasteiger charge is -2.11. The first-order valence-corrected chi connectivity index (χ1v) is 7.71. The van der Waals surface area contributed by atoms with Crippen molar-refractivity contribution in [3.8, 4) is 11.8 Å². The van der Waals surface area contributed by atoms with Gasteiger partial charge in [0.15, 0.2) is 0 Å². The third-order valence-electron chi connectivity index (χ3n) is 3.51. The molecule has 3 rings (SSSR count). The highest BCUT2D eigenvalue weighted by molar-refractivity contribution is 5.67. The summed E-state index contributed by atoms with van der Waals surface area (Å²) in [6, 6.07) is 18.8. The lowest BCUT2D eigenvalue weighted by molar-refractivity contribution is 0.415. The average Bonchev–Trinajstić information content (AvgIpc) is 2.62. The molecule has 2 aromatic carbocycles. The Kier molecular flexibility index (Phi) is 4.77. The van der Waals surface area contributed by atoms with Crippen molar-refractivity contribution in [3.63, 3.8) is 0 Å². The van der Waals surface area contributed by atoms with Crippen molar-refractivity contribution in [3.05, 3.63) is 66.0 Å². The second-order valence-corrected chi connectivity index (χ2v) is 5.32. The van der Waals surface area contributed by atoms with Crippen LogP contribution in [-0.4, -0.2) is 17.1 Å². The number of nitrogens with zero attached hydrogens (tertiary/aromatic N) is 3. The van der Waals surface area contributed by atoms with Gasteiger partial charge in [0.25, 0.3) is 0 Å². The van der Waals surface area contributed by atoms with Gasteiger partial charge in [-0.15, -0.1) is 0 Å². The normalized spacial score (nSPS) is 9.96. The molecule has 0 fully saturated rings. The molecule has 0 atom stereocenters. The van der Waals surface area contributed by atoms with Gasteiger partial charge >= 0.3 is 0 Å². The number of aromatic nitrogens is 2. The van der Waals surface area contributed by atoms with Crippen LogP contribution in [0.5, 0.6) is 5.75 Å². The SMILES string of the molecule is COc1ccc(Nc2cc(Nc3ccccc3C#N)nc(C)n2)cc1. The van der Waals surface area contributed by atoms with Crippen molar-refractivity contribution in [2.45, 2.75) is 6.92 Å². The Balaban J connectivity index is 1.83. The molecular weight excluding hydrogens is 314 g/mol. The van der Waals surface area contributed by atoms with E-state index in [2.05, 4.69) is 26.7 Å². The molecule has 0 bridgehead atoms. The summed E-state index contributed by atoms with van der Waals surface area (Å²) in [6.07, 6.45) is 0. The first-order valence-electron chi connectivity index (χ1n) is 7.71. The summed E-state index contributed by atoms with van der Waals surface area (Å²) in [6.45, 7) is 1.82. The number of aryl methyl sites for hydroxylation is 1. The maximum Gasteiger partial charge on any atom is 0.136 e. The number of nitrogens with one attached hydrogen (secondary N) is 2. The van der Waals surface area contributed by atoms with Crippen LogP contribution in [0.3, 0.4) is 0 Å². The Morgan fingerprint density at radius 3 is 2.32 bits per heavy atom. The molecule has 0 saturated carbocycles. The molecule has 6 heteroatoms. The minimum atomic E-state index is 0.559. The van der Waals surface area contributed by atoms with Crippen LogP contribution in [-0.2, 0) is 0 Å². The van der Waals surface area contributed by atoms with E-state index in [1.54, 1.807) is 19.2 Å². The molecule has 2 N–H and O–H groups in total. The number of nitriles is 1. The lowest BCUT2D eigenvalue weighted by atomic mass is 10.2. The Labute approximate surface area is 146 Å². The van der Waals surface area contributed by atoms with E-state index >= 15 is 0 Å². The van der Waals surface area contributed by atoms with E-state index < -0.39 is 0 Å². The van der Waals surface area contributed by atoms with Crippen LogP contribution in [0.2, 0.25) is 0 Å². The van der Waals surface area contributed by atoms with Gasteiger partial charge < -0.3 is 15.4 Å². The summed E-state index contributed by atoms with van der Waals surface area (Å²) < 4.78 is 5.16. The average molecular weight is 331 g/mol. The molecule has 3 aromatic rings. The van der Waals surface area contributed by atoms with Gasteiger partial charge in [0, 0.05) is 11.8 Å². The number of ether oxygens (including phenoxy) is 1. The van der Waals surface area contributed by atoms with Crippen molar-refractivity contribution in [2.75, 3.05) is 17.7 Å². The van der Waals surface area contributed by atoms with Crippen molar-refractivity contribution in [1.29, 1.82) is 5.26 Å². The molecule has 0 aliphatic rings. The summed E-state index contributed by atoms with van der Waals surface area (Å²) in [7, 11) is 1.63. The second kappa shape index (κ2) is 7.32. The van der Waals surface area contributed by atoms with Gasteiger partial charge in [-0.3, -0.25) is 0 Å². The van der Waals surface area contributed by atoms with E-state index in [0.29, 0.717) is 28.7 Å². The van der Waals surface area contributed by atoms with Crippen molar-refractivity contribution in [1.82, 2.24) is 9.97 Å². The molecule has 6 nitrogen and oxygen atoms in total. The predicted molar refractivity (Wildman–Crippen MR) is 97.5 cm³/mol. The van der Waals surface area contributed by atoms with E-state index in [4.69, 9.17) is 4.74 Å². The Bertz CT molecular complexity index is 916. The van der Waals surface area contributed by atoms with Gasteiger partial charge in [0.2, 0.25) is 0 Å². The molecule has 0 unspecified atom stereocenters. The number of rotatable bonds is 5. The molecule has 25 heavy (non-hydrogen) atoms. The third-order valence-corrected chi connectivity index (χ3v) is 3.51. The molecule has 1 aromatic heterocycles. The number of benzene rings is 2. The predicted octanol–water partition coefficient (Wildman–Crippen LogP) is 4.15. The van der Waals surface area contributed by atoms with E-state index in [1.807, 2.05) is 49.4 Å². The smallest absolute Gasteiger partial charge is 0.136 e. The number of para-hydroxylation sites is 1. The van der Waals surface area contributed by atoms with Crippen LogP contribution in [0.1, 0.15) is 11.4 Å². The zero-order valence-corrected chi connectivity index (χ0v) is 13.9. The maximum absolute atomic E-state index is 9.20. The molecule has 0 saturated heterocycles. The van der Waals surface area contributed by atoms with E-state index in [9.17, 15) is 5.26 Å². The molecule has 0 aliphatic carbocycles. The van der Waals surface area contributed by atoms with Gasteiger partial charge in [-0.05, 0) is 43.3 Å². The second-order valence-electron chi connectivity index (χ2n) is 5.32. The zero-order valence-electron chi connectivity index (χ0n) is 13.9. The van der Waals surface area contributed by atoms with Crippen molar-refractivity contribution >= 4 is 23.0 Å². The number of hydrogen-bond acceptors (Lipinski definition) is 6. The molecule has 0 aliphatic heterocycles. The molecule has 0 radical (unpaired) electrons. The number of hydrogen-bond donors (Lipinski definition) is 2. The standard InChI is InChI=1S/C19H17N5O/c1-13-21-18(23-15-7-9-16(25-2)10-8-15)11-19(22-13)24-17-6-4-3-5-14(17)12-20/h3-11H,1-2H3,(H2,21,22,23,24). The van der Waals surface area contributed by atoms with Crippen LogP contribution in [0.15, 0.2) is 54.6 Å². The van der Waals surface area contributed by atoms with Gasteiger partial charge in [0.05, 0.1) is 18.4 Å². The van der Waals surface area contributed by atoms with Crippen LogP contribution in [0.25, 0.3) is 0 Å². The molecular formula is C19H17N5O. The van der Waals surface area contributed by atoms with E-state index in [-0.39, 0.29) is 0 Å². The molecule has 0 spiro atoms. The Hall–Kier alpha value is -3.59. The monoisotopic (exact) mass is 331 g/mol. The summed E-state index contributed by atoms with van der Waals surface area (Å²) >= 11 is 0. The zero-order chi connectivity index (χ0) is 17.6. The van der Waals surface area contributed by atoms with Gasteiger partial charge in [-0.1, -0.05) is 12.1 Å². The van der Waals surface area contributed by atoms with Gasteiger partial charge in [0.1, 0.15) is 29.3 Å². The summed E-state index contributed by atoms with van der Waals surface area (Å²) in [4.78, 5) is 8.78. The van der Waals surface area contributed by atoms with Crippen LogP contribution in [0.4, 0.5) is 23.0 Å². The minimum Gasteiger partial charge on any atom is -0.497 e. The molecule has 0 amide bonds. The van der Waals surface area contributed by atoms with Crippen LogP contribution < -0.4 is 15.4 Å². The first-order chi connectivity index (χ1) is 12.2. The Morgan fingerprint density at radius 1 is 0.960 bits per heavy atom. The fourth-order valence-electron chi connectivity index (χ4n) is 2.35. The fraction of sp³-hybridized carbons (Fsp3) is 0.105. The maximum atomic E-state index is 9.20. The van der Waals surface area contributed by atoms with Crippen LogP contribution in [0, 0.1) is 18.3 Å². The van der Waals surface area contributed by atoms with Crippen LogP contribution >= 0.6 is 0 Å². The van der Waals surface area contributed by atoms with E-state index in [1.165, 1.54) is 0 Å². The van der Waals surface area contributed by atoms with Crippen molar-refractivity contribution < 1.29 is 4.74 Å². The minimum absolute atomic E-state index is 0.559. The van der Waals surface area contributed by atoms with Crippen molar-refractivity contribution in [2.24, 2.45) is 0 Å². The molecule has 124 valence electrons. The number of methoxy groups -OCH3 is 1. The largest absolute Gasteiger partial charge is 0.497 e. The van der Waals surface area contributed by atoms with E-state index in [0.717, 1.165) is 11.4 Å². The first kappa shape index (κ1) is 16.3. The van der Waals surface area contributed by atoms with Gasteiger partial charge in [-0.25, -0.2) is 9.97 Å². The summed E-state index contributed by atoms with van der Waals surface area (Å²) in [5, 5.41) is 15.6. The quantitative estimate of drug-likeness (QED) is 0.730. The highest BCUT2D eigenvalue weighted by atomic mass is 16.5. The molecule has 1 heterocycles. The summed E-state index contributed by atoms with van der Waals surface area (Å²) in [5.41, 5.74) is 2.16. The Morgan fingerprint density at radius 2 is 1.64 bits per heavy atom.